The van der Waals surface area contributed by atoms with E-state index in [2.05, 4.69) is 29.6 Å². The molecule has 0 atom stereocenters. The van der Waals surface area contributed by atoms with E-state index in [-0.39, 0.29) is 0 Å². The molecule has 0 bridgehead atoms. The van der Waals surface area contributed by atoms with Crippen LogP contribution in [-0.2, 0) is 7.05 Å². The van der Waals surface area contributed by atoms with Crippen molar-refractivity contribution in [2.24, 2.45) is 7.05 Å². The molecule has 0 amide bonds. The number of nitrogens with two attached hydrogens (primary N) is 1. The fraction of sp³-hybridized carbons (Fsp3) is 0.286. The first-order valence-electron chi connectivity index (χ1n) is 3.13. The smallest absolute Gasteiger partial charge is 0.161 e. The van der Waals surface area contributed by atoms with Crippen LogP contribution >= 0.6 is 12.6 Å². The zero-order valence-electron chi connectivity index (χ0n) is 6.20. The van der Waals surface area contributed by atoms with E-state index in [0.717, 1.165) is 5.56 Å². The number of thiol groups is 1. The Bertz CT molecular complexity index is 305. The van der Waals surface area contributed by atoms with Crippen molar-refractivity contribution in [1.82, 2.24) is 9.78 Å². The summed E-state index contributed by atoms with van der Waals surface area (Å²) in [6, 6.07) is 0. The maximum absolute atomic E-state index is 5.52. The summed E-state index contributed by atoms with van der Waals surface area (Å²) in [7, 11) is 1.81. The van der Waals surface area contributed by atoms with Gasteiger partial charge in [0.25, 0.3) is 0 Å². The van der Waals surface area contributed by atoms with Gasteiger partial charge in [0.2, 0.25) is 0 Å². The largest absolute Gasteiger partial charge is 0.381 e. The fourth-order valence-corrected chi connectivity index (χ4v) is 0.816. The lowest BCUT2D eigenvalue weighted by atomic mass is 10.3. The van der Waals surface area contributed by atoms with E-state index in [1.165, 1.54) is 0 Å². The van der Waals surface area contributed by atoms with Crippen LogP contribution in [0.15, 0.2) is 6.20 Å². The van der Waals surface area contributed by atoms with E-state index in [4.69, 9.17) is 5.73 Å². The molecule has 58 valence electrons. The number of aromatic nitrogens is 2. The molecule has 0 aromatic carbocycles. The minimum Gasteiger partial charge on any atom is -0.381 e. The van der Waals surface area contributed by atoms with Crippen molar-refractivity contribution in [3.05, 3.63) is 11.8 Å². The van der Waals surface area contributed by atoms with Gasteiger partial charge in [-0.05, 0) is 0 Å². The molecule has 1 aromatic heterocycles. The highest BCUT2D eigenvalue weighted by molar-refractivity contribution is 7.80. The van der Waals surface area contributed by atoms with Crippen molar-refractivity contribution in [2.45, 2.75) is 0 Å². The summed E-state index contributed by atoms with van der Waals surface area (Å²) in [4.78, 5) is 0. The summed E-state index contributed by atoms with van der Waals surface area (Å²) in [6.07, 6.45) is 1.78. The van der Waals surface area contributed by atoms with Crippen LogP contribution in [0.25, 0.3) is 0 Å². The van der Waals surface area contributed by atoms with E-state index < -0.39 is 0 Å². The van der Waals surface area contributed by atoms with Gasteiger partial charge < -0.3 is 5.73 Å². The number of anilines is 1. The fourth-order valence-electron chi connectivity index (χ4n) is 0.737. The predicted octanol–water partition coefficient (Wildman–Crippen LogP) is 0.284. The SMILES string of the molecule is Cn1cc(C#CCS)c(N)n1. The Kier molecular flexibility index (Phi) is 2.44. The molecular formula is C7H9N3S. The van der Waals surface area contributed by atoms with Crippen LogP contribution < -0.4 is 5.73 Å². The van der Waals surface area contributed by atoms with Gasteiger partial charge in [-0.15, -0.1) is 0 Å². The summed E-state index contributed by atoms with van der Waals surface area (Å²) < 4.78 is 1.64. The summed E-state index contributed by atoms with van der Waals surface area (Å²) >= 11 is 3.95. The van der Waals surface area contributed by atoms with Crippen LogP contribution in [0.5, 0.6) is 0 Å². The van der Waals surface area contributed by atoms with Crippen LogP contribution in [0.2, 0.25) is 0 Å². The average molecular weight is 167 g/mol. The maximum Gasteiger partial charge on any atom is 0.161 e. The Labute approximate surface area is 71.0 Å². The minimum atomic E-state index is 0.474. The first kappa shape index (κ1) is 8.02. The molecule has 0 radical (unpaired) electrons. The van der Waals surface area contributed by atoms with Crippen molar-refractivity contribution in [3.63, 3.8) is 0 Å². The van der Waals surface area contributed by atoms with E-state index in [0.29, 0.717) is 11.6 Å². The van der Waals surface area contributed by atoms with Gasteiger partial charge in [0.05, 0.1) is 11.3 Å². The molecular weight excluding hydrogens is 158 g/mol. The van der Waals surface area contributed by atoms with Gasteiger partial charge in [0.1, 0.15) is 0 Å². The third-order valence-corrected chi connectivity index (χ3v) is 1.32. The Morgan fingerprint density at radius 1 is 1.82 bits per heavy atom. The quantitative estimate of drug-likeness (QED) is 0.430. The van der Waals surface area contributed by atoms with Crippen LogP contribution in [0.1, 0.15) is 5.56 Å². The molecule has 1 rings (SSSR count). The second kappa shape index (κ2) is 3.35. The van der Waals surface area contributed by atoms with Gasteiger partial charge in [-0.1, -0.05) is 11.8 Å². The molecule has 0 aliphatic heterocycles. The molecule has 0 fully saturated rings. The number of hydrogen-bond donors (Lipinski definition) is 2. The van der Waals surface area contributed by atoms with Crippen molar-refractivity contribution < 1.29 is 0 Å². The van der Waals surface area contributed by atoms with Crippen molar-refractivity contribution in [3.8, 4) is 11.8 Å². The summed E-state index contributed by atoms with van der Waals surface area (Å²) in [6.45, 7) is 0. The number of nitrogens with zero attached hydrogens (tertiary/aromatic N) is 2. The summed E-state index contributed by atoms with van der Waals surface area (Å²) in [5.41, 5.74) is 6.29. The number of hydrogen-bond acceptors (Lipinski definition) is 3. The Morgan fingerprint density at radius 2 is 2.55 bits per heavy atom. The third kappa shape index (κ3) is 1.92. The van der Waals surface area contributed by atoms with E-state index in [1.54, 1.807) is 10.9 Å². The summed E-state index contributed by atoms with van der Waals surface area (Å²) in [5, 5.41) is 3.93. The molecule has 0 aliphatic carbocycles. The predicted molar refractivity (Wildman–Crippen MR) is 48.4 cm³/mol. The lowest BCUT2D eigenvalue weighted by molar-refractivity contribution is 0.772. The van der Waals surface area contributed by atoms with Gasteiger partial charge >= 0.3 is 0 Å². The maximum atomic E-state index is 5.52. The van der Waals surface area contributed by atoms with E-state index >= 15 is 0 Å². The molecule has 0 aliphatic rings. The molecule has 2 N–H and O–H groups in total. The molecule has 3 nitrogen and oxygen atoms in total. The van der Waals surface area contributed by atoms with Gasteiger partial charge in [0, 0.05) is 13.2 Å². The van der Waals surface area contributed by atoms with Gasteiger partial charge in [-0.2, -0.15) is 17.7 Å². The topological polar surface area (TPSA) is 43.8 Å². The molecule has 0 spiro atoms. The van der Waals surface area contributed by atoms with Gasteiger partial charge in [-0.3, -0.25) is 4.68 Å². The van der Waals surface area contributed by atoms with Gasteiger partial charge in [-0.25, -0.2) is 0 Å². The van der Waals surface area contributed by atoms with Crippen molar-refractivity contribution >= 4 is 18.4 Å². The molecule has 1 aromatic rings. The Hall–Kier alpha value is -1.08. The van der Waals surface area contributed by atoms with Crippen molar-refractivity contribution in [1.29, 1.82) is 0 Å². The molecule has 0 unspecified atom stereocenters. The van der Waals surface area contributed by atoms with Gasteiger partial charge in [0.15, 0.2) is 5.82 Å². The molecule has 4 heteroatoms. The molecule has 11 heavy (non-hydrogen) atoms. The highest BCUT2D eigenvalue weighted by Gasteiger charge is 1.97. The van der Waals surface area contributed by atoms with E-state index in [9.17, 15) is 0 Å². The number of rotatable bonds is 0. The standard InChI is InChI=1S/C7H9N3S/c1-10-5-6(3-2-4-11)7(8)9-10/h5,11H,4H2,1H3,(H2,8,9). The lowest BCUT2D eigenvalue weighted by Crippen LogP contribution is -1.90. The van der Waals surface area contributed by atoms with Crippen LogP contribution in [0.4, 0.5) is 5.82 Å². The second-order valence-electron chi connectivity index (χ2n) is 2.06. The lowest BCUT2D eigenvalue weighted by Gasteiger charge is -1.80. The van der Waals surface area contributed by atoms with Crippen molar-refractivity contribution in [2.75, 3.05) is 11.5 Å². The molecule has 0 saturated heterocycles. The highest BCUT2D eigenvalue weighted by Crippen LogP contribution is 2.04. The average Bonchev–Trinajstić information content (AvgIpc) is 2.26. The number of aryl methyl sites for hydroxylation is 1. The van der Waals surface area contributed by atoms with E-state index in [1.807, 2.05) is 7.05 Å². The first-order valence-corrected chi connectivity index (χ1v) is 3.76. The van der Waals surface area contributed by atoms with Crippen LogP contribution in [0, 0.1) is 11.8 Å². The zero-order valence-corrected chi connectivity index (χ0v) is 7.10. The summed E-state index contributed by atoms with van der Waals surface area (Å²) in [5.74, 6) is 6.66. The Morgan fingerprint density at radius 3 is 3.00 bits per heavy atom. The highest BCUT2D eigenvalue weighted by atomic mass is 32.1. The molecule has 0 saturated carbocycles. The first-order chi connectivity index (χ1) is 5.24. The Balaban J connectivity index is 2.94. The molecule has 1 heterocycles. The second-order valence-corrected chi connectivity index (χ2v) is 2.38. The van der Waals surface area contributed by atoms with Crippen LogP contribution in [0.3, 0.4) is 0 Å². The van der Waals surface area contributed by atoms with Crippen LogP contribution in [-0.4, -0.2) is 15.5 Å². The normalized spacial score (nSPS) is 8.91. The zero-order chi connectivity index (χ0) is 8.27. The monoisotopic (exact) mass is 167 g/mol. The number of nitrogen functional groups attached to an aromatic ring is 1. The minimum absolute atomic E-state index is 0.474. The third-order valence-electron chi connectivity index (χ3n) is 1.16.